The topological polar surface area (TPSA) is 17.1 Å². The number of hydrogen-bond donors (Lipinski definition) is 0. The van der Waals surface area contributed by atoms with E-state index < -0.39 is 0 Å². The Bertz CT molecular complexity index is 347. The monoisotopic (exact) mass is 244 g/mol. The second-order valence-electron chi connectivity index (χ2n) is 3.50. The highest BCUT2D eigenvalue weighted by atomic mass is 35.5. The number of ketones is 1. The van der Waals surface area contributed by atoms with Gasteiger partial charge in [-0.05, 0) is 24.5 Å². The van der Waals surface area contributed by atoms with Gasteiger partial charge in [0.2, 0.25) is 0 Å². The number of carbonyl (C=O) groups is 1. The molecule has 0 atom stereocenters. The summed E-state index contributed by atoms with van der Waals surface area (Å²) < 4.78 is 0. The minimum Gasteiger partial charge on any atom is -0.300 e. The van der Waals surface area contributed by atoms with Crippen LogP contribution in [0.15, 0.2) is 18.2 Å². The number of rotatable bonds is 5. The zero-order chi connectivity index (χ0) is 11.3. The van der Waals surface area contributed by atoms with Crippen LogP contribution >= 0.6 is 23.2 Å². The molecule has 1 nitrogen and oxygen atoms in total. The van der Waals surface area contributed by atoms with Crippen molar-refractivity contribution in [2.24, 2.45) is 0 Å². The van der Waals surface area contributed by atoms with Crippen LogP contribution in [-0.2, 0) is 11.2 Å². The zero-order valence-electron chi connectivity index (χ0n) is 8.72. The van der Waals surface area contributed by atoms with Crippen molar-refractivity contribution in [2.45, 2.75) is 32.6 Å². The fourth-order valence-electron chi connectivity index (χ4n) is 1.42. The Hall–Kier alpha value is -0.530. The lowest BCUT2D eigenvalue weighted by Crippen LogP contribution is -1.99. The van der Waals surface area contributed by atoms with Crippen LogP contribution in [0.3, 0.4) is 0 Å². The van der Waals surface area contributed by atoms with Gasteiger partial charge in [0.15, 0.2) is 0 Å². The smallest absolute Gasteiger partial charge is 0.133 e. The number of Topliss-reactive ketones (excluding diaryl/α,β-unsaturated/α-hetero) is 1. The molecule has 0 N–H and O–H groups in total. The predicted octanol–water partition coefficient (Wildman–Crippen LogP) is 4.30. The molecule has 0 bridgehead atoms. The average molecular weight is 245 g/mol. The summed E-state index contributed by atoms with van der Waals surface area (Å²) in [7, 11) is 0. The molecule has 0 spiro atoms. The lowest BCUT2D eigenvalue weighted by Gasteiger charge is -2.04. The summed E-state index contributed by atoms with van der Waals surface area (Å²) >= 11 is 11.9. The Labute approximate surface area is 100 Å². The maximum atomic E-state index is 11.3. The third-order valence-electron chi connectivity index (χ3n) is 2.23. The SMILES string of the molecule is CCCC(=O)CCc1cccc(Cl)c1Cl. The van der Waals surface area contributed by atoms with Gasteiger partial charge in [0.25, 0.3) is 0 Å². The quantitative estimate of drug-likeness (QED) is 0.756. The molecular weight excluding hydrogens is 231 g/mol. The Morgan fingerprint density at radius 2 is 2.00 bits per heavy atom. The number of benzene rings is 1. The molecule has 1 aromatic carbocycles. The van der Waals surface area contributed by atoms with Crippen LogP contribution < -0.4 is 0 Å². The first kappa shape index (κ1) is 12.5. The molecule has 82 valence electrons. The van der Waals surface area contributed by atoms with Crippen LogP contribution in [0.4, 0.5) is 0 Å². The second kappa shape index (κ2) is 6.14. The van der Waals surface area contributed by atoms with Crippen molar-refractivity contribution in [1.82, 2.24) is 0 Å². The van der Waals surface area contributed by atoms with Crippen LogP contribution in [0.25, 0.3) is 0 Å². The van der Waals surface area contributed by atoms with Crippen LogP contribution in [0.2, 0.25) is 10.0 Å². The Kier molecular flexibility index (Phi) is 5.13. The summed E-state index contributed by atoms with van der Waals surface area (Å²) in [6, 6.07) is 5.52. The molecule has 0 aliphatic heterocycles. The molecule has 0 aromatic heterocycles. The molecular formula is C12H14Cl2O. The van der Waals surface area contributed by atoms with Crippen LogP contribution in [0.5, 0.6) is 0 Å². The molecule has 1 rings (SSSR count). The number of carbonyl (C=O) groups excluding carboxylic acids is 1. The summed E-state index contributed by atoms with van der Waals surface area (Å²) in [5.41, 5.74) is 0.952. The maximum absolute atomic E-state index is 11.3. The highest BCUT2D eigenvalue weighted by molar-refractivity contribution is 6.42. The number of halogens is 2. The van der Waals surface area contributed by atoms with Gasteiger partial charge in [-0.2, -0.15) is 0 Å². The van der Waals surface area contributed by atoms with E-state index in [4.69, 9.17) is 23.2 Å². The molecule has 0 heterocycles. The molecule has 0 unspecified atom stereocenters. The van der Waals surface area contributed by atoms with E-state index in [0.29, 0.717) is 29.3 Å². The van der Waals surface area contributed by atoms with Gasteiger partial charge in [-0.3, -0.25) is 4.79 Å². The molecule has 0 fully saturated rings. The lowest BCUT2D eigenvalue weighted by atomic mass is 10.1. The minimum atomic E-state index is 0.286. The predicted molar refractivity (Wildman–Crippen MR) is 64.7 cm³/mol. The third-order valence-corrected chi connectivity index (χ3v) is 3.09. The lowest BCUT2D eigenvalue weighted by molar-refractivity contribution is -0.119. The molecule has 0 aliphatic carbocycles. The Morgan fingerprint density at radius 3 is 2.67 bits per heavy atom. The van der Waals surface area contributed by atoms with Gasteiger partial charge in [0, 0.05) is 12.8 Å². The van der Waals surface area contributed by atoms with E-state index in [2.05, 4.69) is 0 Å². The normalized spacial score (nSPS) is 10.3. The van der Waals surface area contributed by atoms with Crippen LogP contribution in [0, 0.1) is 0 Å². The molecule has 3 heteroatoms. The standard InChI is InChI=1S/C12H14Cl2O/c1-2-4-10(15)8-7-9-5-3-6-11(13)12(9)14/h3,5-6H,2,4,7-8H2,1H3. The van der Waals surface area contributed by atoms with Crippen LogP contribution in [-0.4, -0.2) is 5.78 Å². The summed E-state index contributed by atoms with van der Waals surface area (Å²) in [6.07, 6.45) is 2.78. The van der Waals surface area contributed by atoms with Gasteiger partial charge >= 0.3 is 0 Å². The first-order valence-corrected chi connectivity index (χ1v) is 5.85. The maximum Gasteiger partial charge on any atom is 0.133 e. The molecule has 0 radical (unpaired) electrons. The van der Waals surface area contributed by atoms with E-state index in [1.54, 1.807) is 6.07 Å². The van der Waals surface area contributed by atoms with Crippen molar-refractivity contribution in [1.29, 1.82) is 0 Å². The molecule has 0 amide bonds. The first-order chi connectivity index (χ1) is 7.15. The van der Waals surface area contributed by atoms with Gasteiger partial charge < -0.3 is 0 Å². The van der Waals surface area contributed by atoms with Gasteiger partial charge in [-0.25, -0.2) is 0 Å². The second-order valence-corrected chi connectivity index (χ2v) is 4.29. The molecule has 0 aliphatic rings. The highest BCUT2D eigenvalue weighted by Gasteiger charge is 2.06. The van der Waals surface area contributed by atoms with E-state index in [-0.39, 0.29) is 5.78 Å². The van der Waals surface area contributed by atoms with Gasteiger partial charge in [-0.15, -0.1) is 0 Å². The van der Waals surface area contributed by atoms with Crippen LogP contribution in [0.1, 0.15) is 31.7 Å². The number of aryl methyl sites for hydroxylation is 1. The third kappa shape index (κ3) is 3.84. The summed E-state index contributed by atoms with van der Waals surface area (Å²) in [4.78, 5) is 11.3. The van der Waals surface area contributed by atoms with Crippen molar-refractivity contribution in [2.75, 3.05) is 0 Å². The van der Waals surface area contributed by atoms with Crippen molar-refractivity contribution < 1.29 is 4.79 Å². The summed E-state index contributed by atoms with van der Waals surface area (Å²) in [6.45, 7) is 2.00. The zero-order valence-corrected chi connectivity index (χ0v) is 10.2. The van der Waals surface area contributed by atoms with Crippen molar-refractivity contribution in [3.8, 4) is 0 Å². The Morgan fingerprint density at radius 1 is 1.27 bits per heavy atom. The fourth-order valence-corrected chi connectivity index (χ4v) is 1.83. The number of hydrogen-bond acceptors (Lipinski definition) is 1. The Balaban J connectivity index is 2.58. The van der Waals surface area contributed by atoms with E-state index >= 15 is 0 Å². The molecule has 0 saturated heterocycles. The molecule has 0 saturated carbocycles. The largest absolute Gasteiger partial charge is 0.300 e. The minimum absolute atomic E-state index is 0.286. The van der Waals surface area contributed by atoms with E-state index in [9.17, 15) is 4.79 Å². The van der Waals surface area contributed by atoms with E-state index in [1.165, 1.54) is 0 Å². The van der Waals surface area contributed by atoms with Crippen molar-refractivity contribution in [3.05, 3.63) is 33.8 Å². The average Bonchev–Trinajstić information content (AvgIpc) is 2.21. The summed E-state index contributed by atoms with van der Waals surface area (Å²) in [5.74, 6) is 0.286. The fraction of sp³-hybridized carbons (Fsp3) is 0.417. The first-order valence-electron chi connectivity index (χ1n) is 5.09. The van der Waals surface area contributed by atoms with Crippen molar-refractivity contribution in [3.63, 3.8) is 0 Å². The van der Waals surface area contributed by atoms with Gasteiger partial charge in [0.05, 0.1) is 10.0 Å². The highest BCUT2D eigenvalue weighted by Crippen LogP contribution is 2.26. The van der Waals surface area contributed by atoms with Crippen molar-refractivity contribution >= 4 is 29.0 Å². The molecule has 15 heavy (non-hydrogen) atoms. The van der Waals surface area contributed by atoms with E-state index in [0.717, 1.165) is 12.0 Å². The summed E-state index contributed by atoms with van der Waals surface area (Å²) in [5, 5.41) is 1.13. The van der Waals surface area contributed by atoms with Gasteiger partial charge in [-0.1, -0.05) is 42.3 Å². The van der Waals surface area contributed by atoms with E-state index in [1.807, 2.05) is 19.1 Å². The van der Waals surface area contributed by atoms with Gasteiger partial charge in [0.1, 0.15) is 5.78 Å². The molecule has 1 aromatic rings.